The van der Waals surface area contributed by atoms with Gasteiger partial charge in [-0.05, 0) is 43.0 Å². The van der Waals surface area contributed by atoms with E-state index >= 15 is 0 Å². The topological polar surface area (TPSA) is 61.5 Å². The lowest BCUT2D eigenvalue weighted by Gasteiger charge is -2.10. The van der Waals surface area contributed by atoms with Crippen LogP contribution in [0.2, 0.25) is 0 Å². The number of carbonyl (C=O) groups excluding carboxylic acids is 1. The second-order valence-corrected chi connectivity index (χ2v) is 4.20. The van der Waals surface area contributed by atoms with Gasteiger partial charge in [0.2, 0.25) is 0 Å². The Morgan fingerprint density at radius 2 is 2.24 bits per heavy atom. The second-order valence-electron chi connectivity index (χ2n) is 4.20. The van der Waals surface area contributed by atoms with Crippen molar-refractivity contribution in [3.05, 3.63) is 28.8 Å². The molecule has 0 saturated carbocycles. The van der Waals surface area contributed by atoms with Crippen LogP contribution in [0.15, 0.2) is 12.1 Å². The van der Waals surface area contributed by atoms with Crippen molar-refractivity contribution >= 4 is 5.97 Å². The highest BCUT2D eigenvalue weighted by Crippen LogP contribution is 2.31. The summed E-state index contributed by atoms with van der Waals surface area (Å²) in [5, 5.41) is 0. The molecular formula is C13H17NO3. The van der Waals surface area contributed by atoms with E-state index in [4.69, 9.17) is 15.2 Å². The Balaban J connectivity index is 2.38. The maximum atomic E-state index is 11.7. The quantitative estimate of drug-likeness (QED) is 0.802. The summed E-state index contributed by atoms with van der Waals surface area (Å²) in [7, 11) is 1.61. The molecule has 17 heavy (non-hydrogen) atoms. The number of esters is 1. The predicted octanol–water partition coefficient (Wildman–Crippen LogP) is 1.30. The molecule has 4 nitrogen and oxygen atoms in total. The van der Waals surface area contributed by atoms with E-state index < -0.39 is 0 Å². The number of rotatable bonds is 3. The van der Waals surface area contributed by atoms with Crippen molar-refractivity contribution in [1.82, 2.24) is 0 Å². The average molecular weight is 235 g/mol. The molecule has 0 heterocycles. The van der Waals surface area contributed by atoms with Crippen molar-refractivity contribution in [2.24, 2.45) is 5.73 Å². The van der Waals surface area contributed by atoms with Crippen LogP contribution in [0.5, 0.6) is 5.75 Å². The summed E-state index contributed by atoms with van der Waals surface area (Å²) >= 11 is 0. The summed E-state index contributed by atoms with van der Waals surface area (Å²) in [5.41, 5.74) is 8.68. The zero-order valence-electron chi connectivity index (χ0n) is 10.2. The standard InChI is InChI=1S/C13H17NO3/c1-3-17-13(15)9-4-8-5-10(14)7-11(8)12(6-9)16-2/h4,6,10H,3,5,7,14H2,1-2H3. The molecule has 2 N–H and O–H groups in total. The zero-order chi connectivity index (χ0) is 12.4. The van der Waals surface area contributed by atoms with Gasteiger partial charge in [0.05, 0.1) is 19.3 Å². The smallest absolute Gasteiger partial charge is 0.338 e. The molecule has 0 fully saturated rings. The molecule has 0 amide bonds. The van der Waals surface area contributed by atoms with Crippen LogP contribution < -0.4 is 10.5 Å². The summed E-state index contributed by atoms with van der Waals surface area (Å²) in [6.07, 6.45) is 1.60. The molecule has 92 valence electrons. The maximum absolute atomic E-state index is 11.7. The van der Waals surface area contributed by atoms with Crippen molar-refractivity contribution < 1.29 is 14.3 Å². The van der Waals surface area contributed by atoms with Crippen LogP contribution in [-0.4, -0.2) is 25.7 Å². The molecular weight excluding hydrogens is 218 g/mol. The first-order valence-corrected chi connectivity index (χ1v) is 5.78. The number of hydrogen-bond acceptors (Lipinski definition) is 4. The van der Waals surface area contributed by atoms with Crippen LogP contribution in [0, 0.1) is 0 Å². The Morgan fingerprint density at radius 1 is 1.47 bits per heavy atom. The molecule has 4 heteroatoms. The van der Waals surface area contributed by atoms with Crippen LogP contribution in [-0.2, 0) is 17.6 Å². The fraction of sp³-hybridized carbons (Fsp3) is 0.462. The molecule has 0 aromatic heterocycles. The Kier molecular flexibility index (Phi) is 3.33. The maximum Gasteiger partial charge on any atom is 0.338 e. The van der Waals surface area contributed by atoms with Crippen molar-refractivity contribution in [2.75, 3.05) is 13.7 Å². The van der Waals surface area contributed by atoms with E-state index in [-0.39, 0.29) is 12.0 Å². The van der Waals surface area contributed by atoms with Gasteiger partial charge < -0.3 is 15.2 Å². The summed E-state index contributed by atoms with van der Waals surface area (Å²) in [6, 6.07) is 3.72. The van der Waals surface area contributed by atoms with Crippen LogP contribution in [0.25, 0.3) is 0 Å². The normalized spacial score (nSPS) is 17.7. The third-order valence-electron chi connectivity index (χ3n) is 2.98. The van der Waals surface area contributed by atoms with Gasteiger partial charge in [0, 0.05) is 6.04 Å². The van der Waals surface area contributed by atoms with E-state index in [0.717, 1.165) is 29.7 Å². The van der Waals surface area contributed by atoms with Crippen molar-refractivity contribution in [2.45, 2.75) is 25.8 Å². The van der Waals surface area contributed by atoms with E-state index in [1.807, 2.05) is 6.07 Å². The first-order valence-electron chi connectivity index (χ1n) is 5.78. The number of methoxy groups -OCH3 is 1. The molecule has 2 rings (SSSR count). The number of nitrogens with two attached hydrogens (primary N) is 1. The Labute approximate surface area is 101 Å². The number of benzene rings is 1. The van der Waals surface area contributed by atoms with Crippen molar-refractivity contribution in [3.63, 3.8) is 0 Å². The summed E-state index contributed by atoms with van der Waals surface area (Å²) < 4.78 is 10.3. The van der Waals surface area contributed by atoms with Gasteiger partial charge in [-0.1, -0.05) is 0 Å². The average Bonchev–Trinajstić information content (AvgIpc) is 2.68. The minimum Gasteiger partial charge on any atom is -0.496 e. The lowest BCUT2D eigenvalue weighted by Crippen LogP contribution is -2.19. The van der Waals surface area contributed by atoms with Gasteiger partial charge >= 0.3 is 5.97 Å². The van der Waals surface area contributed by atoms with Gasteiger partial charge in [-0.2, -0.15) is 0 Å². The van der Waals surface area contributed by atoms with E-state index in [1.165, 1.54) is 0 Å². The molecule has 1 atom stereocenters. The number of carbonyl (C=O) groups is 1. The SMILES string of the molecule is CCOC(=O)c1cc2c(c(OC)c1)CC(N)C2. The molecule has 1 unspecified atom stereocenters. The van der Waals surface area contributed by atoms with E-state index in [1.54, 1.807) is 20.1 Å². The van der Waals surface area contributed by atoms with Crippen LogP contribution >= 0.6 is 0 Å². The van der Waals surface area contributed by atoms with Gasteiger partial charge in [-0.25, -0.2) is 4.79 Å². The van der Waals surface area contributed by atoms with Crippen molar-refractivity contribution in [3.8, 4) is 5.75 Å². The predicted molar refractivity (Wildman–Crippen MR) is 64.3 cm³/mol. The third-order valence-corrected chi connectivity index (χ3v) is 2.98. The van der Waals surface area contributed by atoms with Gasteiger partial charge in [0.1, 0.15) is 5.75 Å². The first-order chi connectivity index (χ1) is 8.15. The Bertz CT molecular complexity index is 443. The van der Waals surface area contributed by atoms with E-state index in [2.05, 4.69) is 0 Å². The fourth-order valence-corrected chi connectivity index (χ4v) is 2.25. The highest BCUT2D eigenvalue weighted by Gasteiger charge is 2.24. The highest BCUT2D eigenvalue weighted by molar-refractivity contribution is 5.90. The van der Waals surface area contributed by atoms with Crippen LogP contribution in [0.4, 0.5) is 0 Å². The van der Waals surface area contributed by atoms with Crippen LogP contribution in [0.1, 0.15) is 28.4 Å². The molecule has 0 aliphatic heterocycles. The molecule has 0 spiro atoms. The molecule has 0 saturated heterocycles. The lowest BCUT2D eigenvalue weighted by atomic mass is 10.1. The fourth-order valence-electron chi connectivity index (χ4n) is 2.25. The summed E-state index contributed by atoms with van der Waals surface area (Å²) in [5.74, 6) is 0.424. The van der Waals surface area contributed by atoms with Gasteiger partial charge in [-0.3, -0.25) is 0 Å². The van der Waals surface area contributed by atoms with Crippen molar-refractivity contribution in [1.29, 1.82) is 0 Å². The highest BCUT2D eigenvalue weighted by atomic mass is 16.5. The minimum absolute atomic E-state index is 0.122. The lowest BCUT2D eigenvalue weighted by molar-refractivity contribution is 0.0526. The largest absolute Gasteiger partial charge is 0.496 e. The zero-order valence-corrected chi connectivity index (χ0v) is 10.2. The number of fused-ring (bicyclic) bond motifs is 1. The molecule has 0 bridgehead atoms. The van der Waals surface area contributed by atoms with Crippen LogP contribution in [0.3, 0.4) is 0 Å². The Hall–Kier alpha value is -1.55. The van der Waals surface area contributed by atoms with E-state index in [9.17, 15) is 4.79 Å². The number of ether oxygens (including phenoxy) is 2. The van der Waals surface area contributed by atoms with Gasteiger partial charge in [0.25, 0.3) is 0 Å². The first kappa shape index (κ1) is 11.9. The van der Waals surface area contributed by atoms with Gasteiger partial charge in [-0.15, -0.1) is 0 Å². The monoisotopic (exact) mass is 235 g/mol. The Morgan fingerprint density at radius 3 is 2.88 bits per heavy atom. The molecule has 1 aliphatic carbocycles. The second kappa shape index (κ2) is 4.75. The number of hydrogen-bond donors (Lipinski definition) is 1. The summed E-state index contributed by atoms with van der Waals surface area (Å²) in [6.45, 7) is 2.16. The minimum atomic E-state index is -0.311. The molecule has 1 aromatic rings. The molecule has 1 aliphatic rings. The van der Waals surface area contributed by atoms with Gasteiger partial charge in [0.15, 0.2) is 0 Å². The summed E-state index contributed by atoms with van der Waals surface area (Å²) in [4.78, 5) is 11.7. The van der Waals surface area contributed by atoms with E-state index in [0.29, 0.717) is 12.2 Å². The molecule has 1 aromatic carbocycles. The molecule has 0 radical (unpaired) electrons. The third kappa shape index (κ3) is 2.26.